The van der Waals surface area contributed by atoms with E-state index in [0.717, 1.165) is 38.5 Å². The zero-order valence-corrected chi connectivity index (χ0v) is 20.8. The van der Waals surface area contributed by atoms with E-state index in [2.05, 4.69) is 22.9 Å². The number of benzene rings is 3. The Morgan fingerprint density at radius 2 is 1.82 bits per heavy atom. The minimum atomic E-state index is -0.0977. The number of aromatic nitrogens is 1. The van der Waals surface area contributed by atoms with Crippen molar-refractivity contribution in [2.45, 2.75) is 13.5 Å². The third-order valence-electron chi connectivity index (χ3n) is 5.64. The van der Waals surface area contributed by atoms with Gasteiger partial charge in [-0.1, -0.05) is 72.0 Å². The number of para-hydroxylation sites is 2. The summed E-state index contributed by atoms with van der Waals surface area (Å²) in [4.78, 5) is 15.4. The lowest BCUT2D eigenvalue weighted by Gasteiger charge is -2.13. The molecule has 3 aromatic carbocycles. The van der Waals surface area contributed by atoms with E-state index in [1.807, 2.05) is 73.7 Å². The molecule has 0 saturated carbocycles. The molecule has 170 valence electrons. The Labute approximate surface area is 212 Å². The molecule has 1 aromatic heterocycles. The van der Waals surface area contributed by atoms with E-state index in [1.54, 1.807) is 4.90 Å². The summed E-state index contributed by atoms with van der Waals surface area (Å²) in [5.74, 6) is 0.697. The second kappa shape index (κ2) is 9.66. The second-order valence-electron chi connectivity index (χ2n) is 7.91. The maximum Gasteiger partial charge on any atom is 0.270 e. The third-order valence-corrected chi connectivity index (χ3v) is 7.37. The van der Waals surface area contributed by atoms with Crippen LogP contribution < -0.4 is 9.64 Å². The van der Waals surface area contributed by atoms with Gasteiger partial charge in [0.1, 0.15) is 12.4 Å². The van der Waals surface area contributed by atoms with Crippen molar-refractivity contribution in [2.24, 2.45) is 0 Å². The lowest BCUT2D eigenvalue weighted by molar-refractivity contribution is -0.113. The molecule has 34 heavy (non-hydrogen) atoms. The molecule has 0 N–H and O–H groups in total. The normalized spacial score (nSPS) is 15.0. The summed E-state index contributed by atoms with van der Waals surface area (Å²) in [5, 5.41) is 1.81. The van der Waals surface area contributed by atoms with Crippen molar-refractivity contribution in [3.63, 3.8) is 0 Å². The van der Waals surface area contributed by atoms with Crippen LogP contribution in [0.4, 0.5) is 5.69 Å². The first kappa shape index (κ1) is 22.7. The Kier molecular flexibility index (Phi) is 6.46. The minimum absolute atomic E-state index is 0.0977. The van der Waals surface area contributed by atoms with Gasteiger partial charge in [0, 0.05) is 27.7 Å². The van der Waals surface area contributed by atoms with Gasteiger partial charge in [0.25, 0.3) is 5.91 Å². The number of halogens is 1. The van der Waals surface area contributed by atoms with Gasteiger partial charge in [-0.15, -0.1) is 0 Å². The SMILES string of the molecule is Cc1cc(OCCn2cc(C=C3SC(=S)N(c4ccccc4)C3=O)c3ccccc32)ccc1Cl. The number of nitrogens with zero attached hydrogens (tertiary/aromatic N) is 2. The number of fused-ring (bicyclic) bond motifs is 1. The van der Waals surface area contributed by atoms with E-state index in [4.69, 9.17) is 28.6 Å². The van der Waals surface area contributed by atoms with Crippen molar-refractivity contribution < 1.29 is 9.53 Å². The van der Waals surface area contributed by atoms with E-state index < -0.39 is 0 Å². The fraction of sp³-hybridized carbons (Fsp3) is 0.111. The topological polar surface area (TPSA) is 34.5 Å². The lowest BCUT2D eigenvalue weighted by Crippen LogP contribution is -2.27. The lowest BCUT2D eigenvalue weighted by atomic mass is 10.1. The summed E-state index contributed by atoms with van der Waals surface area (Å²) < 4.78 is 8.65. The summed E-state index contributed by atoms with van der Waals surface area (Å²) in [5.41, 5.74) is 3.83. The molecule has 4 nitrogen and oxygen atoms in total. The van der Waals surface area contributed by atoms with Crippen LogP contribution >= 0.6 is 35.6 Å². The second-order valence-corrected chi connectivity index (χ2v) is 9.99. The first-order valence-corrected chi connectivity index (χ1v) is 12.4. The van der Waals surface area contributed by atoms with Gasteiger partial charge in [-0.2, -0.15) is 0 Å². The molecule has 1 saturated heterocycles. The van der Waals surface area contributed by atoms with Crippen LogP contribution in [0.15, 0.2) is 83.9 Å². The van der Waals surface area contributed by atoms with Gasteiger partial charge in [-0.3, -0.25) is 9.69 Å². The molecule has 1 aliphatic heterocycles. The highest BCUT2D eigenvalue weighted by Gasteiger charge is 2.33. The Balaban J connectivity index is 1.39. The number of thiocarbonyl (C=S) groups is 1. The molecular weight excluding hydrogens is 484 g/mol. The molecule has 0 aliphatic carbocycles. The minimum Gasteiger partial charge on any atom is -0.492 e. The van der Waals surface area contributed by atoms with Crippen molar-refractivity contribution >= 4 is 68.5 Å². The van der Waals surface area contributed by atoms with Crippen LogP contribution in [0, 0.1) is 6.92 Å². The Morgan fingerprint density at radius 1 is 1.06 bits per heavy atom. The number of anilines is 1. The number of carbonyl (C=O) groups excluding carboxylic acids is 1. The number of carbonyl (C=O) groups is 1. The quantitative estimate of drug-likeness (QED) is 0.207. The standard InChI is InChI=1S/C27H21ClN2O2S2/c1-18-15-21(11-12-23(18)28)32-14-13-29-17-19(22-9-5-6-10-24(22)29)16-25-26(31)30(27(33)34-25)20-7-3-2-4-8-20/h2-12,15-17H,13-14H2,1H3. The average molecular weight is 505 g/mol. The molecule has 0 unspecified atom stereocenters. The molecular formula is C27H21ClN2O2S2. The Bertz CT molecular complexity index is 1430. The van der Waals surface area contributed by atoms with Crippen LogP contribution in [0.25, 0.3) is 17.0 Å². The predicted molar refractivity (Wildman–Crippen MR) is 146 cm³/mol. The molecule has 4 aromatic rings. The largest absolute Gasteiger partial charge is 0.492 e. The van der Waals surface area contributed by atoms with Crippen molar-refractivity contribution in [3.05, 3.63) is 100 Å². The van der Waals surface area contributed by atoms with E-state index in [0.29, 0.717) is 22.4 Å². The van der Waals surface area contributed by atoms with Crippen LogP contribution in [0.1, 0.15) is 11.1 Å². The molecule has 1 aliphatic rings. The van der Waals surface area contributed by atoms with Gasteiger partial charge in [0.15, 0.2) is 4.32 Å². The molecule has 0 radical (unpaired) electrons. The van der Waals surface area contributed by atoms with Crippen molar-refractivity contribution in [1.29, 1.82) is 0 Å². The number of thioether (sulfide) groups is 1. The monoisotopic (exact) mass is 504 g/mol. The molecule has 0 atom stereocenters. The Morgan fingerprint density at radius 3 is 2.62 bits per heavy atom. The number of aryl methyl sites for hydroxylation is 1. The van der Waals surface area contributed by atoms with Crippen LogP contribution in [-0.2, 0) is 11.3 Å². The van der Waals surface area contributed by atoms with E-state index in [9.17, 15) is 4.79 Å². The fourth-order valence-corrected chi connectivity index (χ4v) is 5.36. The summed E-state index contributed by atoms with van der Waals surface area (Å²) >= 11 is 13.0. The maximum absolute atomic E-state index is 13.2. The van der Waals surface area contributed by atoms with Crippen molar-refractivity contribution in [3.8, 4) is 5.75 Å². The van der Waals surface area contributed by atoms with Gasteiger partial charge in [0.05, 0.1) is 17.1 Å². The number of hydrogen-bond acceptors (Lipinski definition) is 4. The summed E-state index contributed by atoms with van der Waals surface area (Å²) in [6.45, 7) is 3.14. The number of hydrogen-bond donors (Lipinski definition) is 0. The van der Waals surface area contributed by atoms with Gasteiger partial charge in [0.2, 0.25) is 0 Å². The van der Waals surface area contributed by atoms with Crippen LogP contribution in [-0.4, -0.2) is 21.4 Å². The molecule has 5 rings (SSSR count). The smallest absolute Gasteiger partial charge is 0.270 e. The maximum atomic E-state index is 13.2. The highest BCUT2D eigenvalue weighted by molar-refractivity contribution is 8.27. The zero-order chi connectivity index (χ0) is 23.7. The summed E-state index contributed by atoms with van der Waals surface area (Å²) in [6, 6.07) is 23.3. The van der Waals surface area contributed by atoms with Gasteiger partial charge in [-0.25, -0.2) is 0 Å². The third kappa shape index (κ3) is 4.49. The van der Waals surface area contributed by atoms with Crippen molar-refractivity contribution in [1.82, 2.24) is 4.57 Å². The summed E-state index contributed by atoms with van der Waals surface area (Å²) in [6.07, 6.45) is 4.00. The average Bonchev–Trinajstić information content (AvgIpc) is 3.33. The van der Waals surface area contributed by atoms with Gasteiger partial charge in [-0.05, 0) is 55.0 Å². The zero-order valence-electron chi connectivity index (χ0n) is 18.4. The van der Waals surface area contributed by atoms with Crippen LogP contribution in [0.3, 0.4) is 0 Å². The predicted octanol–water partition coefficient (Wildman–Crippen LogP) is 7.09. The Hall–Kier alpha value is -3.06. The van der Waals surface area contributed by atoms with E-state index >= 15 is 0 Å². The van der Waals surface area contributed by atoms with Gasteiger partial charge >= 0.3 is 0 Å². The summed E-state index contributed by atoms with van der Waals surface area (Å²) in [7, 11) is 0. The van der Waals surface area contributed by atoms with E-state index in [1.165, 1.54) is 11.8 Å². The van der Waals surface area contributed by atoms with Crippen molar-refractivity contribution in [2.75, 3.05) is 11.5 Å². The van der Waals surface area contributed by atoms with E-state index in [-0.39, 0.29) is 5.91 Å². The van der Waals surface area contributed by atoms with Gasteiger partial charge < -0.3 is 9.30 Å². The molecule has 0 spiro atoms. The van der Waals surface area contributed by atoms with Crippen LogP contribution in [0.5, 0.6) is 5.75 Å². The van der Waals surface area contributed by atoms with Crippen LogP contribution in [0.2, 0.25) is 5.02 Å². The molecule has 2 heterocycles. The number of ether oxygens (including phenoxy) is 1. The number of rotatable bonds is 6. The number of amides is 1. The fourth-order valence-electron chi connectivity index (χ4n) is 3.95. The highest BCUT2D eigenvalue weighted by Crippen LogP contribution is 2.37. The molecule has 7 heteroatoms. The molecule has 0 bridgehead atoms. The first-order valence-electron chi connectivity index (χ1n) is 10.8. The highest BCUT2D eigenvalue weighted by atomic mass is 35.5. The first-order chi connectivity index (χ1) is 16.5. The molecule has 1 amide bonds. The molecule has 1 fully saturated rings.